The quantitative estimate of drug-likeness (QED) is 0.193. The third-order valence-electron chi connectivity index (χ3n) is 9.19. The third-order valence-corrected chi connectivity index (χ3v) is 9.19. The van der Waals surface area contributed by atoms with Gasteiger partial charge in [0.15, 0.2) is 0 Å². The van der Waals surface area contributed by atoms with Crippen molar-refractivity contribution >= 4 is 38.5 Å². The van der Waals surface area contributed by atoms with Gasteiger partial charge in [-0.2, -0.15) is 0 Å². The number of fused-ring (bicyclic) bond motifs is 2. The Morgan fingerprint density at radius 2 is 1.00 bits per heavy atom. The number of hydrogen-bond donors (Lipinski definition) is 2. The number of allylic oxidation sites excluding steroid dienone is 1. The molecule has 7 aromatic rings. The second-order valence-electron chi connectivity index (χ2n) is 11.9. The maximum Gasteiger partial charge on any atom is 0.0924 e. The van der Waals surface area contributed by atoms with E-state index in [0.29, 0.717) is 0 Å². The highest BCUT2D eigenvalue weighted by molar-refractivity contribution is 6.00. The SMILES string of the molecule is C1=CC(Nc2ccccc2)(c2ccccc2)C(c2cccc3ccccc23)C(c2cccc3ccccc23)=C1Nc1ccccc1. The zero-order valence-electron chi connectivity index (χ0n) is 25.5. The molecule has 220 valence electrons. The van der Waals surface area contributed by atoms with E-state index in [4.69, 9.17) is 0 Å². The molecule has 2 atom stereocenters. The molecular formula is C44H34N2. The second kappa shape index (κ2) is 11.9. The Morgan fingerprint density at radius 3 is 1.72 bits per heavy atom. The predicted octanol–water partition coefficient (Wildman–Crippen LogP) is 11.2. The molecule has 2 N–H and O–H groups in total. The van der Waals surface area contributed by atoms with Crippen molar-refractivity contribution in [3.8, 4) is 0 Å². The highest BCUT2D eigenvalue weighted by atomic mass is 15.0. The molecule has 0 amide bonds. The summed E-state index contributed by atoms with van der Waals surface area (Å²) < 4.78 is 0. The topological polar surface area (TPSA) is 24.1 Å². The van der Waals surface area contributed by atoms with Gasteiger partial charge in [0, 0.05) is 23.0 Å². The Labute approximate surface area is 270 Å². The molecule has 0 radical (unpaired) electrons. The summed E-state index contributed by atoms with van der Waals surface area (Å²) in [6, 6.07) is 63.0. The van der Waals surface area contributed by atoms with Gasteiger partial charge < -0.3 is 10.6 Å². The summed E-state index contributed by atoms with van der Waals surface area (Å²) in [5.74, 6) is -0.122. The monoisotopic (exact) mass is 590 g/mol. The van der Waals surface area contributed by atoms with Crippen molar-refractivity contribution in [3.05, 3.63) is 210 Å². The molecule has 0 aromatic heterocycles. The first kappa shape index (κ1) is 27.7. The van der Waals surface area contributed by atoms with Crippen LogP contribution in [0.5, 0.6) is 0 Å². The summed E-state index contributed by atoms with van der Waals surface area (Å²) in [5, 5.41) is 12.9. The molecule has 2 nitrogen and oxygen atoms in total. The van der Waals surface area contributed by atoms with Gasteiger partial charge in [0.05, 0.1) is 5.54 Å². The first-order valence-corrected chi connectivity index (χ1v) is 15.9. The van der Waals surface area contributed by atoms with Gasteiger partial charge in [-0.05, 0) is 74.1 Å². The van der Waals surface area contributed by atoms with Crippen LogP contribution in [0.25, 0.3) is 27.1 Å². The minimum atomic E-state index is -0.624. The lowest BCUT2D eigenvalue weighted by Gasteiger charge is -2.46. The molecule has 2 unspecified atom stereocenters. The fourth-order valence-corrected chi connectivity index (χ4v) is 7.16. The molecule has 0 aliphatic heterocycles. The van der Waals surface area contributed by atoms with E-state index in [2.05, 4.69) is 199 Å². The van der Waals surface area contributed by atoms with Gasteiger partial charge >= 0.3 is 0 Å². The molecular weight excluding hydrogens is 556 g/mol. The number of hydrogen-bond acceptors (Lipinski definition) is 2. The first-order chi connectivity index (χ1) is 22.8. The number of anilines is 2. The lowest BCUT2D eigenvalue weighted by Crippen LogP contribution is -2.42. The number of nitrogens with one attached hydrogen (secondary N) is 2. The average molecular weight is 591 g/mol. The Balaban J connectivity index is 1.50. The predicted molar refractivity (Wildman–Crippen MR) is 195 cm³/mol. The molecule has 46 heavy (non-hydrogen) atoms. The minimum absolute atomic E-state index is 0.122. The van der Waals surface area contributed by atoms with E-state index in [1.54, 1.807) is 0 Å². The van der Waals surface area contributed by atoms with E-state index in [9.17, 15) is 0 Å². The van der Waals surface area contributed by atoms with Crippen LogP contribution in [0.4, 0.5) is 11.4 Å². The normalized spacial score (nSPS) is 17.7. The van der Waals surface area contributed by atoms with Gasteiger partial charge in [0.1, 0.15) is 0 Å². The Bertz CT molecular complexity index is 2190. The number of rotatable bonds is 7. The summed E-state index contributed by atoms with van der Waals surface area (Å²) in [4.78, 5) is 0. The van der Waals surface area contributed by atoms with E-state index in [-0.39, 0.29) is 5.92 Å². The van der Waals surface area contributed by atoms with Crippen LogP contribution in [0.15, 0.2) is 194 Å². The van der Waals surface area contributed by atoms with Crippen LogP contribution < -0.4 is 10.6 Å². The molecule has 8 rings (SSSR count). The standard InChI is InChI=1S/C44H34N2/c1-4-20-34(21-5-1)44(46-36-24-8-3-9-25-36)31-30-41(45-35-22-6-2-7-23-35)42(39-28-14-18-32-16-10-12-26-37(32)39)43(44)40-29-15-19-33-17-11-13-27-38(33)40/h1-31,43,45-46H. The van der Waals surface area contributed by atoms with Gasteiger partial charge in [-0.3, -0.25) is 0 Å². The average Bonchev–Trinajstić information content (AvgIpc) is 3.13. The summed E-state index contributed by atoms with van der Waals surface area (Å²) in [6.45, 7) is 0. The highest BCUT2D eigenvalue weighted by Gasteiger charge is 2.45. The summed E-state index contributed by atoms with van der Waals surface area (Å²) in [5.41, 5.74) is 7.51. The summed E-state index contributed by atoms with van der Waals surface area (Å²) in [6.07, 6.45) is 4.66. The van der Waals surface area contributed by atoms with Crippen LogP contribution >= 0.6 is 0 Å². The molecule has 1 aliphatic rings. The number of benzene rings is 7. The summed E-state index contributed by atoms with van der Waals surface area (Å²) >= 11 is 0. The number of para-hydroxylation sites is 2. The highest BCUT2D eigenvalue weighted by Crippen LogP contribution is 2.54. The molecule has 0 saturated heterocycles. The first-order valence-electron chi connectivity index (χ1n) is 15.9. The molecule has 1 aliphatic carbocycles. The third kappa shape index (κ3) is 4.95. The van der Waals surface area contributed by atoms with Crippen LogP contribution in [0.2, 0.25) is 0 Å². The van der Waals surface area contributed by atoms with Crippen molar-refractivity contribution in [2.24, 2.45) is 0 Å². The smallest absolute Gasteiger partial charge is 0.0924 e. The fraction of sp³-hybridized carbons (Fsp3) is 0.0455. The lowest BCUT2D eigenvalue weighted by atomic mass is 9.65. The fourth-order valence-electron chi connectivity index (χ4n) is 7.16. The van der Waals surface area contributed by atoms with E-state index in [0.717, 1.165) is 17.1 Å². The van der Waals surface area contributed by atoms with E-state index in [1.807, 2.05) is 0 Å². The van der Waals surface area contributed by atoms with Crippen LogP contribution in [0.1, 0.15) is 22.6 Å². The minimum Gasteiger partial charge on any atom is -0.371 e. The van der Waals surface area contributed by atoms with Crippen LogP contribution in [0.3, 0.4) is 0 Å². The van der Waals surface area contributed by atoms with Crippen LogP contribution in [0, 0.1) is 0 Å². The largest absolute Gasteiger partial charge is 0.371 e. The second-order valence-corrected chi connectivity index (χ2v) is 11.9. The Morgan fingerprint density at radius 1 is 0.457 bits per heavy atom. The molecule has 0 saturated carbocycles. The van der Waals surface area contributed by atoms with E-state index >= 15 is 0 Å². The van der Waals surface area contributed by atoms with Crippen molar-refractivity contribution in [2.75, 3.05) is 10.6 Å². The van der Waals surface area contributed by atoms with Crippen LogP contribution in [-0.2, 0) is 5.54 Å². The van der Waals surface area contributed by atoms with Gasteiger partial charge in [-0.15, -0.1) is 0 Å². The van der Waals surface area contributed by atoms with E-state index in [1.165, 1.54) is 43.8 Å². The van der Waals surface area contributed by atoms with Gasteiger partial charge in [-0.1, -0.05) is 158 Å². The van der Waals surface area contributed by atoms with Gasteiger partial charge in [-0.25, -0.2) is 0 Å². The Hall–Kier alpha value is -5.86. The molecule has 2 heteroatoms. The zero-order chi connectivity index (χ0) is 30.8. The van der Waals surface area contributed by atoms with Crippen molar-refractivity contribution in [2.45, 2.75) is 11.5 Å². The van der Waals surface area contributed by atoms with Crippen molar-refractivity contribution < 1.29 is 0 Å². The Kier molecular flexibility index (Phi) is 7.16. The van der Waals surface area contributed by atoms with Gasteiger partial charge in [0.25, 0.3) is 0 Å². The molecule has 7 aromatic carbocycles. The molecule has 0 heterocycles. The zero-order valence-corrected chi connectivity index (χ0v) is 25.5. The lowest BCUT2D eigenvalue weighted by molar-refractivity contribution is 0.553. The summed E-state index contributed by atoms with van der Waals surface area (Å²) in [7, 11) is 0. The maximum absolute atomic E-state index is 4.11. The molecule has 0 spiro atoms. The van der Waals surface area contributed by atoms with Crippen molar-refractivity contribution in [3.63, 3.8) is 0 Å². The van der Waals surface area contributed by atoms with Crippen molar-refractivity contribution in [1.29, 1.82) is 0 Å². The van der Waals surface area contributed by atoms with Gasteiger partial charge in [0.2, 0.25) is 0 Å². The van der Waals surface area contributed by atoms with Crippen molar-refractivity contribution in [1.82, 2.24) is 0 Å². The maximum atomic E-state index is 4.11. The van der Waals surface area contributed by atoms with E-state index < -0.39 is 5.54 Å². The molecule has 0 fully saturated rings. The molecule has 0 bridgehead atoms. The van der Waals surface area contributed by atoms with Crippen LogP contribution in [-0.4, -0.2) is 0 Å².